The SMILES string of the molecule is CC=CC12C3=C4C5=C1C1(C)c6c7c8c9c(c%10c%11c%12c(c%13c%14c%15c(c%16c%17c%18c(c1c1c6c6c8c8c%19c9c%11c9c%11c%12c%14c%12c%14c%15c%17c%15c%17c%18c1c1c6c8c6c(c9%19)c(c%11%12)c(c%14%15)c6c1%17)C%162C)C3%13C)C4%10C)C57C. The van der Waals surface area contributed by atoms with Crippen molar-refractivity contribution in [3.8, 4) is 0 Å². The highest BCUT2D eigenvalue weighted by atomic mass is 14.8. The molecule has 0 amide bonds. The van der Waals surface area contributed by atoms with Gasteiger partial charge in [-0.25, -0.2) is 0 Å². The molecule has 0 nitrogen and oxygen atoms in total. The molecule has 0 heteroatoms. The quantitative estimate of drug-likeness (QED) is 0.114. The summed E-state index contributed by atoms with van der Waals surface area (Å²) in [7, 11) is 0. The minimum Gasteiger partial charge on any atom is -0.0904 e. The van der Waals surface area contributed by atoms with Crippen molar-refractivity contribution in [2.45, 2.75) is 68.6 Å². The Labute approximate surface area is 377 Å². The molecule has 32 rings (SSSR count). The molecule has 0 saturated heterocycles. The second-order valence-corrected chi connectivity index (χ2v) is 27.2. The first-order valence-electron chi connectivity index (χ1n) is 26.2. The van der Waals surface area contributed by atoms with Gasteiger partial charge < -0.3 is 0 Å². The Morgan fingerprint density at radius 1 is 0.221 bits per heavy atom. The van der Waals surface area contributed by atoms with Gasteiger partial charge in [-0.15, -0.1) is 0 Å². The van der Waals surface area contributed by atoms with E-state index in [0.29, 0.717) is 0 Å². The normalized spacial score (nSPS) is 33.0. The van der Waals surface area contributed by atoms with Gasteiger partial charge in [0, 0.05) is 32.5 Å². The zero-order chi connectivity index (χ0) is 41.6. The van der Waals surface area contributed by atoms with E-state index >= 15 is 0 Å². The molecule has 4 unspecified atom stereocenters. The van der Waals surface area contributed by atoms with E-state index in [0.717, 1.165) is 0 Å². The lowest BCUT2D eigenvalue weighted by atomic mass is 9.37. The Morgan fingerprint density at radius 2 is 0.397 bits per heavy atom. The van der Waals surface area contributed by atoms with Gasteiger partial charge >= 0.3 is 0 Å². The number of allylic oxidation sites excluding steroid dienone is 6. The van der Waals surface area contributed by atoms with Crippen molar-refractivity contribution in [1.29, 1.82) is 0 Å². The predicted molar refractivity (Wildman–Crippen MR) is 281 cm³/mol. The largest absolute Gasteiger partial charge is 0.0904 e. The first-order valence-corrected chi connectivity index (χ1v) is 26.2. The molecule has 0 fully saturated rings. The smallest absolute Gasteiger partial charge is 0.0472 e. The van der Waals surface area contributed by atoms with Crippen molar-refractivity contribution in [2.75, 3.05) is 0 Å². The third-order valence-electron chi connectivity index (χ3n) is 27.2. The van der Waals surface area contributed by atoms with Gasteiger partial charge in [0.25, 0.3) is 0 Å². The van der Waals surface area contributed by atoms with Crippen LogP contribution in [-0.2, 0) is 27.1 Å². The molecule has 0 radical (unpaired) electrons. The summed E-state index contributed by atoms with van der Waals surface area (Å²) >= 11 is 0. The van der Waals surface area contributed by atoms with E-state index in [1.165, 1.54) is 0 Å². The highest BCUT2D eigenvalue weighted by Gasteiger charge is 2.82. The summed E-state index contributed by atoms with van der Waals surface area (Å²) in [5.74, 6) is 0. The third kappa shape index (κ3) is 1.26. The van der Waals surface area contributed by atoms with Crippen LogP contribution in [0.15, 0.2) is 34.4 Å². The number of hydrogen-bond donors (Lipinski definition) is 0. The van der Waals surface area contributed by atoms with Crippen molar-refractivity contribution in [3.63, 3.8) is 0 Å². The maximum absolute atomic E-state index is 2.92. The fraction of sp³-hybridized carbons (Fsp3) is 0.176. The molecule has 0 aliphatic heterocycles. The van der Waals surface area contributed by atoms with Gasteiger partial charge in [0.1, 0.15) is 0 Å². The molecule has 292 valence electrons. The van der Waals surface area contributed by atoms with Gasteiger partial charge in [0.05, 0.1) is 0 Å². The topological polar surface area (TPSA) is 0 Å². The maximum Gasteiger partial charge on any atom is 0.0472 e. The summed E-state index contributed by atoms with van der Waals surface area (Å²) < 4.78 is 0. The van der Waals surface area contributed by atoms with E-state index in [1.54, 1.807) is 271 Å². The lowest BCUT2D eigenvalue weighted by Gasteiger charge is -2.64. The first-order chi connectivity index (χ1) is 33.3. The Kier molecular flexibility index (Phi) is 2.15. The molecular formula is C68H20. The van der Waals surface area contributed by atoms with E-state index in [4.69, 9.17) is 0 Å². The zero-order valence-electron chi connectivity index (χ0n) is 37.2. The second kappa shape index (κ2) is 5.54. The van der Waals surface area contributed by atoms with Gasteiger partial charge in [-0.2, -0.15) is 0 Å². The summed E-state index contributed by atoms with van der Waals surface area (Å²) in [6.45, 7) is 16.8. The molecule has 21 aromatic rings. The average Bonchev–Trinajstić information content (AvgIpc) is 4.21. The van der Waals surface area contributed by atoms with E-state index in [-0.39, 0.29) is 32.5 Å². The van der Waals surface area contributed by atoms with Crippen LogP contribution in [-0.4, -0.2) is 0 Å². The van der Waals surface area contributed by atoms with E-state index in [9.17, 15) is 0 Å². The van der Waals surface area contributed by atoms with E-state index in [1.807, 2.05) is 22.3 Å². The van der Waals surface area contributed by atoms with E-state index in [2.05, 4.69) is 53.7 Å². The van der Waals surface area contributed by atoms with Crippen molar-refractivity contribution in [1.82, 2.24) is 0 Å². The van der Waals surface area contributed by atoms with Crippen LogP contribution in [0.2, 0.25) is 0 Å². The van der Waals surface area contributed by atoms with Crippen LogP contribution in [0.3, 0.4) is 0 Å². The summed E-state index contributed by atoms with van der Waals surface area (Å²) in [4.78, 5) is 0. The molecular weight excluding hydrogens is 817 g/mol. The molecule has 0 spiro atoms. The minimum absolute atomic E-state index is 0.232. The van der Waals surface area contributed by atoms with Crippen LogP contribution in [0, 0.1) is 5.41 Å². The molecule has 11 aliphatic carbocycles. The molecule has 0 saturated carbocycles. The van der Waals surface area contributed by atoms with Crippen LogP contribution in [0.1, 0.15) is 97.2 Å². The molecule has 4 atom stereocenters. The fourth-order valence-electron chi connectivity index (χ4n) is 27.4. The Balaban J connectivity index is 1.23. The van der Waals surface area contributed by atoms with Gasteiger partial charge in [-0.1, -0.05) is 12.2 Å². The number of benzene rings is 15. The van der Waals surface area contributed by atoms with Crippen LogP contribution < -0.4 is 0 Å². The van der Waals surface area contributed by atoms with Gasteiger partial charge in [-0.3, -0.25) is 0 Å². The maximum atomic E-state index is 2.92. The Hall–Kier alpha value is -7.28. The summed E-state index contributed by atoms with van der Waals surface area (Å²) in [5.41, 5.74) is 23.6. The van der Waals surface area contributed by atoms with Crippen LogP contribution in [0.4, 0.5) is 0 Å². The second-order valence-electron chi connectivity index (χ2n) is 27.2. The molecule has 0 N–H and O–H groups in total. The van der Waals surface area contributed by atoms with Crippen LogP contribution >= 0.6 is 0 Å². The number of hydrogen-bond acceptors (Lipinski definition) is 0. The third-order valence-corrected chi connectivity index (χ3v) is 27.2. The Bertz CT molecular complexity index is 6410. The molecule has 21 aromatic carbocycles. The van der Waals surface area contributed by atoms with Crippen LogP contribution in [0.5, 0.6) is 0 Å². The van der Waals surface area contributed by atoms with Gasteiger partial charge in [-0.05, 0) is 335 Å². The van der Waals surface area contributed by atoms with Gasteiger partial charge in [0.2, 0.25) is 0 Å². The Morgan fingerprint density at radius 3 is 0.618 bits per heavy atom. The lowest BCUT2D eigenvalue weighted by molar-refractivity contribution is 0.251. The van der Waals surface area contributed by atoms with Crippen LogP contribution in [0.25, 0.3) is 215 Å². The predicted octanol–water partition coefficient (Wildman–Crippen LogP) is 17.0. The van der Waals surface area contributed by atoms with Crippen molar-refractivity contribution < 1.29 is 0 Å². The van der Waals surface area contributed by atoms with Crippen molar-refractivity contribution in [3.05, 3.63) is 90.1 Å². The fourth-order valence-corrected chi connectivity index (χ4v) is 27.4. The molecule has 0 aromatic heterocycles. The van der Waals surface area contributed by atoms with Crippen molar-refractivity contribution >= 4 is 215 Å². The molecule has 68 heavy (non-hydrogen) atoms. The summed E-state index contributed by atoms with van der Waals surface area (Å²) in [5, 5.41) is 67.7. The highest BCUT2D eigenvalue weighted by molar-refractivity contribution is 6.77. The van der Waals surface area contributed by atoms with E-state index < -0.39 is 0 Å². The lowest BCUT2D eigenvalue weighted by Crippen LogP contribution is -2.60. The first kappa shape index (κ1) is 26.3. The van der Waals surface area contributed by atoms with Crippen molar-refractivity contribution in [2.24, 2.45) is 5.41 Å². The molecule has 0 heterocycles. The molecule has 11 aliphatic rings. The molecule has 0 bridgehead atoms. The monoisotopic (exact) mass is 836 g/mol. The summed E-state index contributed by atoms with van der Waals surface area (Å²) in [6.07, 6.45) is 5.50. The zero-order valence-corrected chi connectivity index (χ0v) is 37.2. The summed E-state index contributed by atoms with van der Waals surface area (Å²) in [6, 6.07) is 0. The highest BCUT2D eigenvalue weighted by Crippen LogP contribution is 2.93. The van der Waals surface area contributed by atoms with Gasteiger partial charge in [0.15, 0.2) is 0 Å². The standard InChI is InChI=1S/C68H20/c1-7-8-68-61-59-60-62(68)66(5)54-44-34-24-16-11-9-10-12-13(11)18-26(24)36-38-28(18)27-17(12)25-23-15(10)21-19-14(9)20-22(16)32(34)42-40-30(20)29(19)39-41-31(21)33(23)43-45-35(25)37(27)47-48(38)58(56(66)46(36)44)67(68,6)57(47)55(45)65(61,4)53(43)51(41)63(59,2)49(39)50(40)64(60,3)52(42)54/h7-8H,1-6H3. The number of rotatable bonds is 1. The minimum atomic E-state index is -0.294. The average molecular weight is 837 g/mol.